The topological polar surface area (TPSA) is 98.8 Å². The molecule has 0 atom stereocenters. The molecule has 0 radical (unpaired) electrons. The Labute approximate surface area is 171 Å². The highest BCUT2D eigenvalue weighted by atomic mass is 32.1. The summed E-state index contributed by atoms with van der Waals surface area (Å²) in [4.78, 5) is 25.6. The largest absolute Gasteiger partial charge is 0.493 e. The smallest absolute Gasteiger partial charge is 0.299 e. The molecule has 0 spiro atoms. The molecule has 0 saturated carbocycles. The van der Waals surface area contributed by atoms with Gasteiger partial charge in [-0.15, -0.1) is 10.2 Å². The van der Waals surface area contributed by atoms with Crippen LogP contribution in [0.5, 0.6) is 5.88 Å². The number of aromatic nitrogens is 4. The molecule has 0 aliphatic rings. The Morgan fingerprint density at radius 3 is 2.14 bits per heavy atom. The Bertz CT molecular complexity index is 1260. The molecule has 152 valence electrons. The fourth-order valence-corrected chi connectivity index (χ4v) is 3.52. The van der Waals surface area contributed by atoms with E-state index in [4.69, 9.17) is 12.2 Å². The van der Waals surface area contributed by atoms with Gasteiger partial charge in [-0.3, -0.25) is 23.4 Å². The number of azo groups is 1. The maximum absolute atomic E-state index is 12.9. The van der Waals surface area contributed by atoms with Crippen LogP contribution in [-0.4, -0.2) is 23.6 Å². The SMILES string of the molecule is CCn1c(O)c(N=Nc2c(C)n(C)n(-c3ccccc3)c2=O)c(=O)n(CC)c1=S. The lowest BCUT2D eigenvalue weighted by Gasteiger charge is -2.12. The Kier molecular flexibility index (Phi) is 5.64. The van der Waals surface area contributed by atoms with Gasteiger partial charge >= 0.3 is 0 Å². The lowest BCUT2D eigenvalue weighted by Crippen LogP contribution is -2.24. The van der Waals surface area contributed by atoms with Crippen LogP contribution >= 0.6 is 12.2 Å². The van der Waals surface area contributed by atoms with Crippen molar-refractivity contribution in [2.75, 3.05) is 0 Å². The van der Waals surface area contributed by atoms with Crippen molar-refractivity contribution in [3.63, 3.8) is 0 Å². The monoisotopic (exact) mass is 414 g/mol. The predicted octanol–water partition coefficient (Wildman–Crippen LogP) is 3.34. The number of nitrogens with zero attached hydrogens (tertiary/aromatic N) is 6. The van der Waals surface area contributed by atoms with Crippen molar-refractivity contribution in [1.82, 2.24) is 18.5 Å². The number of hydrogen-bond donors (Lipinski definition) is 1. The fourth-order valence-electron chi connectivity index (χ4n) is 3.10. The second kappa shape index (κ2) is 8.00. The van der Waals surface area contributed by atoms with Gasteiger partial charge in [0.05, 0.1) is 11.4 Å². The zero-order chi connectivity index (χ0) is 21.3. The van der Waals surface area contributed by atoms with Gasteiger partial charge in [0.15, 0.2) is 10.5 Å². The van der Waals surface area contributed by atoms with E-state index < -0.39 is 5.56 Å². The Morgan fingerprint density at radius 1 is 0.966 bits per heavy atom. The van der Waals surface area contributed by atoms with Gasteiger partial charge in [-0.1, -0.05) is 18.2 Å². The van der Waals surface area contributed by atoms with Crippen LogP contribution in [0.25, 0.3) is 5.69 Å². The number of hydrogen-bond acceptors (Lipinski definition) is 6. The summed E-state index contributed by atoms with van der Waals surface area (Å²) in [5, 5.41) is 18.5. The highest BCUT2D eigenvalue weighted by Crippen LogP contribution is 2.25. The molecule has 2 heterocycles. The highest BCUT2D eigenvalue weighted by molar-refractivity contribution is 7.71. The van der Waals surface area contributed by atoms with Crippen molar-refractivity contribution in [1.29, 1.82) is 0 Å². The maximum atomic E-state index is 12.9. The molecular weight excluding hydrogens is 392 g/mol. The predicted molar refractivity (Wildman–Crippen MR) is 112 cm³/mol. The van der Waals surface area contributed by atoms with Crippen molar-refractivity contribution >= 4 is 23.6 Å². The number of para-hydroxylation sites is 1. The molecule has 9 nitrogen and oxygen atoms in total. The molecule has 2 aromatic heterocycles. The van der Waals surface area contributed by atoms with E-state index in [1.54, 1.807) is 44.6 Å². The quantitative estimate of drug-likeness (QED) is 0.511. The van der Waals surface area contributed by atoms with Crippen molar-refractivity contribution in [3.8, 4) is 11.6 Å². The maximum Gasteiger partial charge on any atom is 0.299 e. The fraction of sp³-hybridized carbons (Fsp3) is 0.316. The molecule has 0 amide bonds. The van der Waals surface area contributed by atoms with E-state index in [9.17, 15) is 14.7 Å². The molecule has 3 aromatic rings. The Morgan fingerprint density at radius 2 is 1.55 bits per heavy atom. The number of aromatic hydroxyl groups is 1. The van der Waals surface area contributed by atoms with Crippen LogP contribution in [0.4, 0.5) is 11.4 Å². The lowest BCUT2D eigenvalue weighted by molar-refractivity contribution is 0.402. The third kappa shape index (κ3) is 3.35. The Balaban J connectivity index is 2.19. The van der Waals surface area contributed by atoms with Gasteiger partial charge < -0.3 is 5.11 Å². The van der Waals surface area contributed by atoms with Crippen molar-refractivity contribution in [3.05, 3.63) is 61.5 Å². The first-order valence-corrected chi connectivity index (χ1v) is 9.56. The third-order valence-electron chi connectivity index (χ3n) is 4.78. The van der Waals surface area contributed by atoms with Crippen LogP contribution in [0, 0.1) is 11.7 Å². The molecule has 0 saturated heterocycles. The minimum absolute atomic E-state index is 0.0868. The summed E-state index contributed by atoms with van der Waals surface area (Å²) >= 11 is 5.26. The normalized spacial score (nSPS) is 11.4. The van der Waals surface area contributed by atoms with Crippen LogP contribution < -0.4 is 11.1 Å². The van der Waals surface area contributed by atoms with Gasteiger partial charge in [0.25, 0.3) is 11.1 Å². The van der Waals surface area contributed by atoms with Crippen molar-refractivity contribution < 1.29 is 5.11 Å². The number of rotatable bonds is 5. The van der Waals surface area contributed by atoms with E-state index in [0.29, 0.717) is 24.5 Å². The van der Waals surface area contributed by atoms with Crippen LogP contribution in [0.3, 0.4) is 0 Å². The minimum Gasteiger partial charge on any atom is -0.493 e. The third-order valence-corrected chi connectivity index (χ3v) is 5.22. The first-order chi connectivity index (χ1) is 13.8. The molecule has 0 bridgehead atoms. The summed E-state index contributed by atoms with van der Waals surface area (Å²) in [5.41, 5.74) is 0.153. The van der Waals surface area contributed by atoms with Gasteiger partial charge in [0.2, 0.25) is 11.6 Å². The highest BCUT2D eigenvalue weighted by Gasteiger charge is 2.18. The van der Waals surface area contributed by atoms with E-state index in [1.807, 2.05) is 18.2 Å². The van der Waals surface area contributed by atoms with Gasteiger partial charge in [-0.05, 0) is 45.1 Å². The van der Waals surface area contributed by atoms with Gasteiger partial charge in [-0.2, -0.15) is 0 Å². The molecule has 0 aliphatic heterocycles. The molecule has 0 fully saturated rings. The molecule has 3 rings (SSSR count). The molecule has 0 unspecified atom stereocenters. The summed E-state index contributed by atoms with van der Waals surface area (Å²) in [5.74, 6) is -0.368. The van der Waals surface area contributed by atoms with E-state index in [0.717, 1.165) is 0 Å². The molecule has 10 heteroatoms. The second-order valence-corrected chi connectivity index (χ2v) is 6.72. The minimum atomic E-state index is -0.555. The van der Waals surface area contributed by atoms with Crippen LogP contribution in [-0.2, 0) is 20.1 Å². The number of benzene rings is 1. The standard InChI is InChI=1S/C19H22N6O3S/c1-5-23-16(26)15(17(27)24(6-2)19(23)29)21-20-14-12(3)22(4)25(18(14)28)13-10-8-7-9-11-13/h7-11,26H,5-6H2,1-4H3. The van der Waals surface area contributed by atoms with E-state index >= 15 is 0 Å². The Hall–Kier alpha value is -3.27. The summed E-state index contributed by atoms with van der Waals surface area (Å²) in [6, 6.07) is 9.13. The summed E-state index contributed by atoms with van der Waals surface area (Å²) < 4.78 is 6.06. The van der Waals surface area contributed by atoms with Crippen molar-refractivity contribution in [2.45, 2.75) is 33.9 Å². The molecule has 1 aromatic carbocycles. The van der Waals surface area contributed by atoms with Gasteiger partial charge in [0.1, 0.15) is 0 Å². The molecule has 29 heavy (non-hydrogen) atoms. The second-order valence-electron chi connectivity index (χ2n) is 6.36. The van der Waals surface area contributed by atoms with Crippen LogP contribution in [0.1, 0.15) is 19.5 Å². The molecule has 0 aliphatic carbocycles. The molecular formula is C19H22N6O3S. The van der Waals surface area contributed by atoms with E-state index in [2.05, 4.69) is 10.2 Å². The van der Waals surface area contributed by atoms with Gasteiger partial charge in [0, 0.05) is 20.1 Å². The first kappa shape index (κ1) is 20.5. The van der Waals surface area contributed by atoms with Gasteiger partial charge in [-0.25, -0.2) is 4.68 Å². The summed E-state index contributed by atoms with van der Waals surface area (Å²) in [6.07, 6.45) is 0. The van der Waals surface area contributed by atoms with E-state index in [-0.39, 0.29) is 27.6 Å². The zero-order valence-electron chi connectivity index (χ0n) is 16.7. The lowest BCUT2D eigenvalue weighted by atomic mass is 10.3. The first-order valence-electron chi connectivity index (χ1n) is 9.15. The van der Waals surface area contributed by atoms with Crippen LogP contribution in [0.2, 0.25) is 0 Å². The summed E-state index contributed by atoms with van der Waals surface area (Å²) in [6.45, 7) is 5.98. The average molecular weight is 414 g/mol. The summed E-state index contributed by atoms with van der Waals surface area (Å²) in [7, 11) is 1.74. The van der Waals surface area contributed by atoms with Crippen molar-refractivity contribution in [2.24, 2.45) is 17.3 Å². The average Bonchev–Trinajstić information content (AvgIpc) is 2.92. The van der Waals surface area contributed by atoms with E-state index in [1.165, 1.54) is 13.8 Å². The zero-order valence-corrected chi connectivity index (χ0v) is 17.5. The van der Waals surface area contributed by atoms with Crippen LogP contribution in [0.15, 0.2) is 50.1 Å². The molecule has 1 N–H and O–H groups in total.